The van der Waals surface area contributed by atoms with Crippen molar-refractivity contribution in [3.8, 4) is 0 Å². The molecule has 6 N–H and O–H groups in total. The molecule has 212 valence electrons. The van der Waals surface area contributed by atoms with E-state index in [0.29, 0.717) is 50.5 Å². The molecule has 5 rings (SSSR count). The van der Waals surface area contributed by atoms with Crippen molar-refractivity contribution in [1.29, 1.82) is 0 Å². The largest absolute Gasteiger partial charge is 0.390 e. The number of carbonyl (C=O) groups is 1. The highest BCUT2D eigenvalue weighted by Gasteiger charge is 2.36. The lowest BCUT2D eigenvalue weighted by molar-refractivity contribution is -0.126. The number of nitrogens with zero attached hydrogens (tertiary/aromatic N) is 1. The first-order chi connectivity index (χ1) is 18.1. The van der Waals surface area contributed by atoms with Gasteiger partial charge in [-0.25, -0.2) is 0 Å². The number of amides is 1. The zero-order valence-corrected chi connectivity index (χ0v) is 22.5. The fraction of sp³-hybridized carbons (Fsp3) is 0.963. The minimum absolute atomic E-state index is 0.0372. The average molecular weight is 523 g/mol. The van der Waals surface area contributed by atoms with Crippen LogP contribution < -0.4 is 26.6 Å². The van der Waals surface area contributed by atoms with Gasteiger partial charge in [0.2, 0.25) is 5.91 Å². The Bertz CT molecular complexity index is 704. The van der Waals surface area contributed by atoms with Gasteiger partial charge < -0.3 is 40.7 Å². The summed E-state index contributed by atoms with van der Waals surface area (Å²) in [6.45, 7) is 9.06. The summed E-state index contributed by atoms with van der Waals surface area (Å²) in [6, 6.07) is 0.889. The van der Waals surface area contributed by atoms with Crippen LogP contribution in [0.2, 0.25) is 0 Å². The van der Waals surface area contributed by atoms with Crippen LogP contribution in [0.3, 0.4) is 0 Å². The van der Waals surface area contributed by atoms with Gasteiger partial charge in [-0.15, -0.1) is 0 Å². The second kappa shape index (κ2) is 14.0. The standard InChI is InChI=1S/C27H50N6O4/c34-24(13-31-27(35)21-9-23(12-29-11-21)32-22-3-6-28-7-4-22)16-33-8-5-19-10-25(2-1-20(19)15-33)36-17-26-14-30-18-37-26/h19-26,28-30,32,34H,1-18H2,(H,31,35)/t19?,20?,21?,23?,24-,25?,26?/m0/s1. The molecule has 0 spiro atoms. The Labute approximate surface area is 222 Å². The van der Waals surface area contributed by atoms with E-state index in [4.69, 9.17) is 9.47 Å². The molecule has 7 atom stereocenters. The number of hydrogen-bond donors (Lipinski definition) is 6. The van der Waals surface area contributed by atoms with Crippen molar-refractivity contribution in [3.05, 3.63) is 0 Å². The molecule has 37 heavy (non-hydrogen) atoms. The van der Waals surface area contributed by atoms with Crippen LogP contribution >= 0.6 is 0 Å². The van der Waals surface area contributed by atoms with Crippen molar-refractivity contribution in [2.45, 2.75) is 75.3 Å². The molecular formula is C27H50N6O4. The average Bonchev–Trinajstić information content (AvgIpc) is 3.45. The van der Waals surface area contributed by atoms with Crippen LogP contribution in [0, 0.1) is 17.8 Å². The summed E-state index contributed by atoms with van der Waals surface area (Å²) in [5.41, 5.74) is 0. The van der Waals surface area contributed by atoms with E-state index >= 15 is 0 Å². The lowest BCUT2D eigenvalue weighted by Crippen LogP contribution is -2.55. The zero-order chi connectivity index (χ0) is 25.5. The summed E-state index contributed by atoms with van der Waals surface area (Å²) in [7, 11) is 0. The predicted molar refractivity (Wildman–Crippen MR) is 142 cm³/mol. The Morgan fingerprint density at radius 1 is 1.00 bits per heavy atom. The number of hydrogen-bond acceptors (Lipinski definition) is 9. The van der Waals surface area contributed by atoms with Gasteiger partial charge in [0, 0.05) is 51.4 Å². The van der Waals surface area contributed by atoms with E-state index in [2.05, 4.69) is 31.5 Å². The van der Waals surface area contributed by atoms with Gasteiger partial charge in [-0.2, -0.15) is 0 Å². The number of nitrogens with one attached hydrogen (secondary N) is 5. The molecule has 4 heterocycles. The summed E-state index contributed by atoms with van der Waals surface area (Å²) in [5, 5.41) is 27.5. The van der Waals surface area contributed by atoms with Crippen LogP contribution in [0.5, 0.6) is 0 Å². The molecule has 6 unspecified atom stereocenters. The lowest BCUT2D eigenvalue weighted by Gasteiger charge is -2.44. The van der Waals surface area contributed by atoms with Crippen LogP contribution in [-0.2, 0) is 14.3 Å². The van der Waals surface area contributed by atoms with Crippen molar-refractivity contribution in [2.75, 3.05) is 72.2 Å². The maximum Gasteiger partial charge on any atom is 0.224 e. The predicted octanol–water partition coefficient (Wildman–Crippen LogP) is -0.764. The molecule has 0 bridgehead atoms. The number of rotatable bonds is 10. The van der Waals surface area contributed by atoms with Crippen molar-refractivity contribution in [1.82, 2.24) is 31.5 Å². The summed E-state index contributed by atoms with van der Waals surface area (Å²) in [6.07, 6.45) is 7.85. The third kappa shape index (κ3) is 8.32. The number of ether oxygens (including phenoxy) is 2. The van der Waals surface area contributed by atoms with Crippen LogP contribution in [0.1, 0.15) is 44.9 Å². The first-order valence-electron chi connectivity index (χ1n) is 14.9. The zero-order valence-electron chi connectivity index (χ0n) is 22.5. The van der Waals surface area contributed by atoms with Crippen LogP contribution in [-0.4, -0.2) is 119 Å². The Balaban J connectivity index is 0.965. The van der Waals surface area contributed by atoms with Gasteiger partial charge in [-0.05, 0) is 76.4 Å². The first-order valence-corrected chi connectivity index (χ1v) is 14.9. The van der Waals surface area contributed by atoms with Crippen LogP contribution in [0.25, 0.3) is 0 Å². The second-order valence-corrected chi connectivity index (χ2v) is 12.1. The third-order valence-electron chi connectivity index (χ3n) is 9.22. The molecule has 1 amide bonds. The summed E-state index contributed by atoms with van der Waals surface area (Å²) >= 11 is 0. The Morgan fingerprint density at radius 3 is 2.73 bits per heavy atom. The van der Waals surface area contributed by atoms with Gasteiger partial charge >= 0.3 is 0 Å². The van der Waals surface area contributed by atoms with Crippen LogP contribution in [0.15, 0.2) is 0 Å². The quantitative estimate of drug-likeness (QED) is 0.220. The number of β-amino-alcohol motifs (C(OH)–C–C–N with tert-alkyl or cyclic N) is 1. The summed E-state index contributed by atoms with van der Waals surface area (Å²) in [5.74, 6) is 1.45. The minimum atomic E-state index is -0.527. The molecule has 5 aliphatic rings. The fourth-order valence-corrected chi connectivity index (χ4v) is 7.09. The lowest BCUT2D eigenvalue weighted by atomic mass is 9.74. The summed E-state index contributed by atoms with van der Waals surface area (Å²) < 4.78 is 11.8. The molecule has 0 aromatic carbocycles. The monoisotopic (exact) mass is 522 g/mol. The smallest absolute Gasteiger partial charge is 0.224 e. The van der Waals surface area contributed by atoms with Gasteiger partial charge in [0.05, 0.1) is 37.6 Å². The van der Waals surface area contributed by atoms with Gasteiger partial charge in [-0.3, -0.25) is 10.1 Å². The molecule has 0 radical (unpaired) electrons. The second-order valence-electron chi connectivity index (χ2n) is 12.1. The Hall–Kier alpha value is -0.850. The van der Waals surface area contributed by atoms with Crippen molar-refractivity contribution < 1.29 is 19.4 Å². The molecular weight excluding hydrogens is 472 g/mol. The molecule has 10 heteroatoms. The Kier molecular flexibility index (Phi) is 10.5. The van der Waals surface area contributed by atoms with E-state index in [-0.39, 0.29) is 17.9 Å². The van der Waals surface area contributed by atoms with E-state index < -0.39 is 6.10 Å². The number of aliphatic hydroxyl groups is 1. The van der Waals surface area contributed by atoms with Gasteiger partial charge in [0.1, 0.15) is 0 Å². The molecule has 1 aliphatic carbocycles. The highest BCUT2D eigenvalue weighted by atomic mass is 16.5. The van der Waals surface area contributed by atoms with Crippen molar-refractivity contribution in [3.63, 3.8) is 0 Å². The number of aliphatic hydroxyl groups excluding tert-OH is 1. The van der Waals surface area contributed by atoms with E-state index in [9.17, 15) is 9.90 Å². The van der Waals surface area contributed by atoms with Crippen molar-refractivity contribution in [2.24, 2.45) is 17.8 Å². The van der Waals surface area contributed by atoms with E-state index in [1.54, 1.807) is 0 Å². The van der Waals surface area contributed by atoms with Crippen molar-refractivity contribution >= 4 is 5.91 Å². The maximum absolute atomic E-state index is 12.9. The summed E-state index contributed by atoms with van der Waals surface area (Å²) in [4.78, 5) is 15.3. The van der Waals surface area contributed by atoms with Gasteiger partial charge in [0.15, 0.2) is 0 Å². The maximum atomic E-state index is 12.9. The van der Waals surface area contributed by atoms with Crippen LogP contribution in [0.4, 0.5) is 0 Å². The topological polar surface area (TPSA) is 119 Å². The molecule has 5 fully saturated rings. The van der Waals surface area contributed by atoms with E-state index in [1.807, 2.05) is 0 Å². The number of fused-ring (bicyclic) bond motifs is 1. The molecule has 0 aromatic heterocycles. The van der Waals surface area contributed by atoms with E-state index in [1.165, 1.54) is 12.8 Å². The molecule has 4 aliphatic heterocycles. The highest BCUT2D eigenvalue weighted by molar-refractivity contribution is 5.79. The number of carbonyl (C=O) groups excluding carboxylic acids is 1. The molecule has 0 aromatic rings. The number of piperidine rings is 3. The molecule has 4 saturated heterocycles. The van der Waals surface area contributed by atoms with Gasteiger partial charge in [0.25, 0.3) is 0 Å². The normalized spacial score (nSPS) is 36.7. The fourth-order valence-electron chi connectivity index (χ4n) is 7.09. The van der Waals surface area contributed by atoms with E-state index in [0.717, 1.165) is 83.8 Å². The minimum Gasteiger partial charge on any atom is -0.390 e. The third-order valence-corrected chi connectivity index (χ3v) is 9.22. The first kappa shape index (κ1) is 27.7. The molecule has 10 nitrogen and oxygen atoms in total. The highest BCUT2D eigenvalue weighted by Crippen LogP contribution is 2.37. The number of likely N-dealkylation sites (tertiary alicyclic amines) is 1. The van der Waals surface area contributed by atoms with Gasteiger partial charge in [-0.1, -0.05) is 0 Å². The Morgan fingerprint density at radius 2 is 1.89 bits per heavy atom. The molecule has 1 saturated carbocycles. The SMILES string of the molecule is O=C(NC[C@H](O)CN1CCC2CC(OCC3CNCO3)CCC2C1)C1CNCC(NC2CCNCC2)C1.